The molecule has 3 rings (SSSR count). The minimum atomic E-state index is 0.369. The molecule has 112 valence electrons. The Balaban J connectivity index is 1.58. The first-order valence-electron chi connectivity index (χ1n) is 7.85. The number of nitrogens with zero attached hydrogens (tertiary/aromatic N) is 1. The number of rotatable bonds is 5. The molecule has 1 aromatic carbocycles. The van der Waals surface area contributed by atoms with E-state index in [1.807, 2.05) is 11.3 Å². The van der Waals surface area contributed by atoms with Crippen LogP contribution in [0.1, 0.15) is 41.1 Å². The highest BCUT2D eigenvalue weighted by molar-refractivity contribution is 7.12. The fraction of sp³-hybridized carbons (Fsp3) is 0.444. The van der Waals surface area contributed by atoms with E-state index in [1.54, 1.807) is 0 Å². The smallest absolute Gasteiger partial charge is 0.0578 e. The van der Waals surface area contributed by atoms with Crippen LogP contribution in [0.3, 0.4) is 0 Å². The molecule has 0 radical (unpaired) electrons. The lowest BCUT2D eigenvalue weighted by atomic mass is 10.1. The predicted octanol–water partition coefficient (Wildman–Crippen LogP) is 4.83. The van der Waals surface area contributed by atoms with E-state index < -0.39 is 0 Å². The number of aryl methyl sites for hydroxylation is 1. The molecule has 1 N–H and O–H groups in total. The number of nitrogens with one attached hydrogen (secondary N) is 1. The van der Waals surface area contributed by atoms with Crippen LogP contribution < -0.4 is 5.32 Å². The van der Waals surface area contributed by atoms with Crippen LogP contribution in [0.4, 0.5) is 5.69 Å². The Hall–Kier alpha value is -1.32. The third kappa shape index (κ3) is 3.86. The summed E-state index contributed by atoms with van der Waals surface area (Å²) in [6.07, 6.45) is 2.72. The Morgan fingerprint density at radius 3 is 2.43 bits per heavy atom. The van der Waals surface area contributed by atoms with Crippen LogP contribution in [-0.4, -0.2) is 18.0 Å². The number of benzene rings is 1. The standard InChI is InChI=1S/C18H24N2S/c1-14-5-10-18(21-14)15(2)19-17-8-6-16(7-9-17)13-20-11-3-4-12-20/h5-10,15,19H,3-4,11-13H2,1-2H3. The van der Waals surface area contributed by atoms with Crippen molar-refractivity contribution in [3.63, 3.8) is 0 Å². The van der Waals surface area contributed by atoms with E-state index in [-0.39, 0.29) is 0 Å². The lowest BCUT2D eigenvalue weighted by Crippen LogP contribution is -2.18. The van der Waals surface area contributed by atoms with Crippen LogP contribution >= 0.6 is 11.3 Å². The van der Waals surface area contributed by atoms with Crippen molar-refractivity contribution in [3.8, 4) is 0 Å². The fourth-order valence-electron chi connectivity index (χ4n) is 2.91. The summed E-state index contributed by atoms with van der Waals surface area (Å²) in [5.74, 6) is 0. The highest BCUT2D eigenvalue weighted by atomic mass is 32.1. The molecule has 3 heteroatoms. The van der Waals surface area contributed by atoms with E-state index in [1.165, 1.54) is 46.9 Å². The first-order chi connectivity index (χ1) is 10.2. The lowest BCUT2D eigenvalue weighted by Gasteiger charge is -2.16. The average Bonchev–Trinajstić information content (AvgIpc) is 3.12. The van der Waals surface area contributed by atoms with Gasteiger partial charge in [0, 0.05) is 22.0 Å². The van der Waals surface area contributed by atoms with Crippen molar-refractivity contribution in [2.75, 3.05) is 18.4 Å². The molecule has 0 aliphatic carbocycles. The molecule has 1 saturated heterocycles. The third-order valence-electron chi connectivity index (χ3n) is 4.13. The van der Waals surface area contributed by atoms with E-state index >= 15 is 0 Å². The first kappa shape index (κ1) is 14.6. The van der Waals surface area contributed by atoms with E-state index in [4.69, 9.17) is 0 Å². The zero-order valence-corrected chi connectivity index (χ0v) is 13.7. The van der Waals surface area contributed by atoms with Gasteiger partial charge in [-0.25, -0.2) is 0 Å². The molecule has 1 fully saturated rings. The molecule has 1 unspecified atom stereocenters. The molecule has 1 atom stereocenters. The fourth-order valence-corrected chi connectivity index (χ4v) is 3.79. The number of hydrogen-bond acceptors (Lipinski definition) is 3. The van der Waals surface area contributed by atoms with Crippen molar-refractivity contribution in [2.45, 2.75) is 39.3 Å². The molecule has 0 bridgehead atoms. The van der Waals surface area contributed by atoms with Crippen molar-refractivity contribution in [1.82, 2.24) is 4.90 Å². The Kier molecular flexibility index (Phi) is 4.61. The normalized spacial score (nSPS) is 17.0. The zero-order valence-electron chi connectivity index (χ0n) is 12.9. The molecule has 0 amide bonds. The van der Waals surface area contributed by atoms with Gasteiger partial charge in [-0.1, -0.05) is 12.1 Å². The van der Waals surface area contributed by atoms with Gasteiger partial charge in [0.1, 0.15) is 0 Å². The van der Waals surface area contributed by atoms with Crippen molar-refractivity contribution in [3.05, 3.63) is 51.7 Å². The Labute approximate surface area is 131 Å². The molecule has 0 saturated carbocycles. The van der Waals surface area contributed by atoms with Crippen LogP contribution in [0.5, 0.6) is 0 Å². The Bertz CT molecular complexity index is 567. The van der Waals surface area contributed by atoms with Gasteiger partial charge < -0.3 is 5.32 Å². The van der Waals surface area contributed by atoms with Gasteiger partial charge in [0.05, 0.1) is 6.04 Å². The number of anilines is 1. The van der Waals surface area contributed by atoms with Crippen LogP contribution in [0.15, 0.2) is 36.4 Å². The van der Waals surface area contributed by atoms with E-state index in [9.17, 15) is 0 Å². The summed E-state index contributed by atoms with van der Waals surface area (Å²) in [4.78, 5) is 5.31. The summed E-state index contributed by atoms with van der Waals surface area (Å²) in [6, 6.07) is 13.7. The van der Waals surface area contributed by atoms with E-state index in [0.29, 0.717) is 6.04 Å². The van der Waals surface area contributed by atoms with Crippen LogP contribution in [0.25, 0.3) is 0 Å². The summed E-state index contributed by atoms with van der Waals surface area (Å²) in [6.45, 7) is 8.00. The predicted molar refractivity (Wildman–Crippen MR) is 92.0 cm³/mol. The molecule has 1 aliphatic rings. The molecule has 0 spiro atoms. The maximum absolute atomic E-state index is 3.59. The molecule has 1 aromatic heterocycles. The highest BCUT2D eigenvalue weighted by Crippen LogP contribution is 2.26. The molecule has 2 heterocycles. The second-order valence-electron chi connectivity index (χ2n) is 5.99. The summed E-state index contributed by atoms with van der Waals surface area (Å²) < 4.78 is 0. The maximum atomic E-state index is 3.59. The monoisotopic (exact) mass is 300 g/mol. The second-order valence-corrected chi connectivity index (χ2v) is 7.31. The Morgan fingerprint density at radius 1 is 1.10 bits per heavy atom. The SMILES string of the molecule is Cc1ccc(C(C)Nc2ccc(CN3CCCC3)cc2)s1. The lowest BCUT2D eigenvalue weighted by molar-refractivity contribution is 0.331. The van der Waals surface area contributed by atoms with Crippen molar-refractivity contribution in [2.24, 2.45) is 0 Å². The van der Waals surface area contributed by atoms with Gasteiger partial charge in [-0.2, -0.15) is 0 Å². The van der Waals surface area contributed by atoms with Crippen LogP contribution in [0, 0.1) is 6.92 Å². The summed E-state index contributed by atoms with van der Waals surface area (Å²) in [5.41, 5.74) is 2.63. The van der Waals surface area contributed by atoms with Crippen molar-refractivity contribution in [1.29, 1.82) is 0 Å². The minimum absolute atomic E-state index is 0.369. The van der Waals surface area contributed by atoms with Gasteiger partial charge in [-0.15, -0.1) is 11.3 Å². The van der Waals surface area contributed by atoms with Gasteiger partial charge in [-0.05, 0) is 69.6 Å². The average molecular weight is 300 g/mol. The zero-order chi connectivity index (χ0) is 14.7. The number of thiophene rings is 1. The largest absolute Gasteiger partial charge is 0.378 e. The molecule has 2 aromatic rings. The summed E-state index contributed by atoms with van der Waals surface area (Å²) in [7, 11) is 0. The maximum Gasteiger partial charge on any atom is 0.0578 e. The van der Waals surface area contributed by atoms with Gasteiger partial charge in [-0.3, -0.25) is 4.90 Å². The van der Waals surface area contributed by atoms with E-state index in [2.05, 4.69) is 60.5 Å². The summed E-state index contributed by atoms with van der Waals surface area (Å²) >= 11 is 1.87. The van der Waals surface area contributed by atoms with Crippen molar-refractivity contribution >= 4 is 17.0 Å². The van der Waals surface area contributed by atoms with Gasteiger partial charge in [0.15, 0.2) is 0 Å². The third-order valence-corrected chi connectivity index (χ3v) is 5.31. The first-order valence-corrected chi connectivity index (χ1v) is 8.66. The number of hydrogen-bond donors (Lipinski definition) is 1. The number of likely N-dealkylation sites (tertiary alicyclic amines) is 1. The molecule has 2 nitrogen and oxygen atoms in total. The summed E-state index contributed by atoms with van der Waals surface area (Å²) in [5, 5.41) is 3.59. The topological polar surface area (TPSA) is 15.3 Å². The van der Waals surface area contributed by atoms with Crippen LogP contribution in [0.2, 0.25) is 0 Å². The van der Waals surface area contributed by atoms with Gasteiger partial charge in [0.2, 0.25) is 0 Å². The Morgan fingerprint density at radius 2 is 1.81 bits per heavy atom. The minimum Gasteiger partial charge on any atom is -0.378 e. The van der Waals surface area contributed by atoms with Gasteiger partial charge >= 0.3 is 0 Å². The molecular weight excluding hydrogens is 276 g/mol. The molecular formula is C18H24N2S. The molecule has 21 heavy (non-hydrogen) atoms. The van der Waals surface area contributed by atoms with Crippen molar-refractivity contribution < 1.29 is 0 Å². The quantitative estimate of drug-likeness (QED) is 0.851. The highest BCUT2D eigenvalue weighted by Gasteiger charge is 2.12. The molecule has 1 aliphatic heterocycles. The second kappa shape index (κ2) is 6.63. The van der Waals surface area contributed by atoms with E-state index in [0.717, 1.165) is 6.54 Å². The van der Waals surface area contributed by atoms with Gasteiger partial charge in [0.25, 0.3) is 0 Å². The van der Waals surface area contributed by atoms with Crippen LogP contribution in [-0.2, 0) is 6.54 Å².